The lowest BCUT2D eigenvalue weighted by molar-refractivity contribution is 0.0374. The van der Waals surface area contributed by atoms with Crippen LogP contribution < -0.4 is 11.1 Å². The van der Waals surface area contributed by atoms with Gasteiger partial charge in [-0.25, -0.2) is 0 Å². The Labute approximate surface area is 112 Å². The number of morpholine rings is 1. The summed E-state index contributed by atoms with van der Waals surface area (Å²) in [5, 5.41) is 6.81. The van der Waals surface area contributed by atoms with Crippen LogP contribution in [0, 0.1) is 0 Å². The third-order valence-electron chi connectivity index (χ3n) is 3.27. The quantitative estimate of drug-likeness (QED) is 0.700. The van der Waals surface area contributed by atoms with E-state index in [2.05, 4.69) is 15.3 Å². The van der Waals surface area contributed by atoms with E-state index in [0.29, 0.717) is 17.9 Å². The van der Waals surface area contributed by atoms with Crippen molar-refractivity contribution in [2.45, 2.75) is 6.42 Å². The highest BCUT2D eigenvalue weighted by Crippen LogP contribution is 2.08. The van der Waals surface area contributed by atoms with Gasteiger partial charge in [-0.3, -0.25) is 14.4 Å². The molecule has 1 amide bonds. The smallest absolute Gasteiger partial charge is 0.256 e. The average molecular weight is 267 g/mol. The van der Waals surface area contributed by atoms with Crippen molar-refractivity contribution in [3.8, 4) is 0 Å². The molecule has 0 saturated carbocycles. The fraction of sp³-hybridized carbons (Fsp3) is 0.667. The summed E-state index contributed by atoms with van der Waals surface area (Å²) in [4.78, 5) is 14.2. The third kappa shape index (κ3) is 3.68. The Hall–Kier alpha value is -1.60. The van der Waals surface area contributed by atoms with Crippen molar-refractivity contribution in [3.05, 3.63) is 11.8 Å². The number of aromatic nitrogens is 2. The Morgan fingerprint density at radius 3 is 2.89 bits per heavy atom. The normalized spacial score (nSPS) is 16.5. The van der Waals surface area contributed by atoms with Gasteiger partial charge in [-0.05, 0) is 13.0 Å². The zero-order valence-electron chi connectivity index (χ0n) is 11.3. The minimum absolute atomic E-state index is 0.160. The predicted octanol–water partition coefficient (Wildman–Crippen LogP) is -0.546. The monoisotopic (exact) mass is 267 g/mol. The second kappa shape index (κ2) is 6.53. The maximum atomic E-state index is 11.9. The number of hydrogen-bond acceptors (Lipinski definition) is 5. The lowest BCUT2D eigenvalue weighted by Gasteiger charge is -2.26. The van der Waals surface area contributed by atoms with Crippen LogP contribution in [0.3, 0.4) is 0 Å². The zero-order chi connectivity index (χ0) is 13.7. The number of anilines is 1. The predicted molar refractivity (Wildman–Crippen MR) is 71.8 cm³/mol. The van der Waals surface area contributed by atoms with Crippen molar-refractivity contribution >= 4 is 11.7 Å². The first-order chi connectivity index (χ1) is 9.18. The molecule has 1 aromatic rings. The van der Waals surface area contributed by atoms with E-state index in [0.717, 1.165) is 39.3 Å². The van der Waals surface area contributed by atoms with Crippen molar-refractivity contribution in [1.82, 2.24) is 20.0 Å². The van der Waals surface area contributed by atoms with Crippen LogP contribution in [-0.4, -0.2) is 60.0 Å². The number of carbonyl (C=O) groups is 1. The van der Waals surface area contributed by atoms with E-state index in [1.54, 1.807) is 7.05 Å². The van der Waals surface area contributed by atoms with Crippen LogP contribution in [-0.2, 0) is 11.8 Å². The number of ether oxygens (including phenoxy) is 1. The highest BCUT2D eigenvalue weighted by Gasteiger charge is 2.13. The molecule has 1 aliphatic heterocycles. The van der Waals surface area contributed by atoms with E-state index in [-0.39, 0.29) is 5.91 Å². The molecule has 1 aromatic heterocycles. The molecule has 0 unspecified atom stereocenters. The van der Waals surface area contributed by atoms with E-state index >= 15 is 0 Å². The SMILES string of the molecule is Cn1ncc(C(=O)NCCCN2CCOCC2)c1N. The Bertz CT molecular complexity index is 426. The first-order valence-corrected chi connectivity index (χ1v) is 6.54. The Balaban J connectivity index is 1.68. The summed E-state index contributed by atoms with van der Waals surface area (Å²) >= 11 is 0. The highest BCUT2D eigenvalue weighted by atomic mass is 16.5. The number of nitrogens with two attached hydrogens (primary N) is 1. The molecule has 0 bridgehead atoms. The summed E-state index contributed by atoms with van der Waals surface area (Å²) < 4.78 is 6.77. The van der Waals surface area contributed by atoms with Crippen LogP contribution in [0.5, 0.6) is 0 Å². The molecule has 7 heteroatoms. The Kier molecular flexibility index (Phi) is 4.75. The van der Waals surface area contributed by atoms with E-state index in [1.165, 1.54) is 10.9 Å². The summed E-state index contributed by atoms with van der Waals surface area (Å²) in [6.45, 7) is 5.18. The second-order valence-corrected chi connectivity index (χ2v) is 4.63. The minimum Gasteiger partial charge on any atom is -0.383 e. The number of rotatable bonds is 5. The fourth-order valence-electron chi connectivity index (χ4n) is 2.05. The summed E-state index contributed by atoms with van der Waals surface area (Å²) in [6, 6.07) is 0. The molecule has 19 heavy (non-hydrogen) atoms. The van der Waals surface area contributed by atoms with Crippen molar-refractivity contribution in [2.75, 3.05) is 45.1 Å². The Morgan fingerprint density at radius 2 is 2.26 bits per heavy atom. The lowest BCUT2D eigenvalue weighted by Crippen LogP contribution is -2.38. The summed E-state index contributed by atoms with van der Waals surface area (Å²) in [5.41, 5.74) is 6.18. The van der Waals surface area contributed by atoms with Crippen LogP contribution >= 0.6 is 0 Å². The summed E-state index contributed by atoms with van der Waals surface area (Å²) in [7, 11) is 1.71. The molecule has 2 rings (SSSR count). The van der Waals surface area contributed by atoms with E-state index in [1.807, 2.05) is 0 Å². The molecule has 1 aliphatic rings. The van der Waals surface area contributed by atoms with Crippen molar-refractivity contribution in [1.29, 1.82) is 0 Å². The minimum atomic E-state index is -0.160. The molecule has 0 aliphatic carbocycles. The van der Waals surface area contributed by atoms with Gasteiger partial charge in [0.25, 0.3) is 5.91 Å². The van der Waals surface area contributed by atoms with Gasteiger partial charge in [-0.1, -0.05) is 0 Å². The van der Waals surface area contributed by atoms with E-state index in [9.17, 15) is 4.79 Å². The topological polar surface area (TPSA) is 85.4 Å². The van der Waals surface area contributed by atoms with Crippen LogP contribution in [0.2, 0.25) is 0 Å². The van der Waals surface area contributed by atoms with Crippen LogP contribution in [0.25, 0.3) is 0 Å². The third-order valence-corrected chi connectivity index (χ3v) is 3.27. The molecule has 1 fully saturated rings. The number of aryl methyl sites for hydroxylation is 1. The molecular weight excluding hydrogens is 246 g/mol. The molecular formula is C12H21N5O2. The van der Waals surface area contributed by atoms with Gasteiger partial charge >= 0.3 is 0 Å². The van der Waals surface area contributed by atoms with Gasteiger partial charge in [0.15, 0.2) is 0 Å². The zero-order valence-corrected chi connectivity index (χ0v) is 11.3. The number of carbonyl (C=O) groups excluding carboxylic acids is 1. The maximum absolute atomic E-state index is 11.9. The molecule has 0 spiro atoms. The molecule has 1 saturated heterocycles. The standard InChI is InChI=1S/C12H21N5O2/c1-16-11(13)10(9-15-16)12(18)14-3-2-4-17-5-7-19-8-6-17/h9H,2-8,13H2,1H3,(H,14,18). The molecule has 0 atom stereocenters. The molecule has 0 radical (unpaired) electrons. The maximum Gasteiger partial charge on any atom is 0.256 e. The average Bonchev–Trinajstić information content (AvgIpc) is 2.76. The first kappa shape index (κ1) is 13.8. The van der Waals surface area contributed by atoms with Gasteiger partial charge in [-0.15, -0.1) is 0 Å². The first-order valence-electron chi connectivity index (χ1n) is 6.54. The van der Waals surface area contributed by atoms with Gasteiger partial charge in [0.1, 0.15) is 11.4 Å². The van der Waals surface area contributed by atoms with Crippen molar-refractivity contribution in [2.24, 2.45) is 7.05 Å². The van der Waals surface area contributed by atoms with E-state index < -0.39 is 0 Å². The summed E-state index contributed by atoms with van der Waals surface area (Å²) in [6.07, 6.45) is 2.42. The molecule has 3 N–H and O–H groups in total. The number of amides is 1. The van der Waals surface area contributed by atoms with Crippen molar-refractivity contribution < 1.29 is 9.53 Å². The fourth-order valence-corrected chi connectivity index (χ4v) is 2.05. The van der Waals surface area contributed by atoms with Crippen molar-refractivity contribution in [3.63, 3.8) is 0 Å². The van der Waals surface area contributed by atoms with Gasteiger partial charge in [-0.2, -0.15) is 5.10 Å². The van der Waals surface area contributed by atoms with Gasteiger partial charge in [0.2, 0.25) is 0 Å². The largest absolute Gasteiger partial charge is 0.383 e. The highest BCUT2D eigenvalue weighted by molar-refractivity contribution is 5.98. The number of hydrogen-bond donors (Lipinski definition) is 2. The number of nitrogens with zero attached hydrogens (tertiary/aromatic N) is 3. The van der Waals surface area contributed by atoms with Gasteiger partial charge in [0, 0.05) is 26.7 Å². The van der Waals surface area contributed by atoms with Crippen LogP contribution in [0.1, 0.15) is 16.8 Å². The summed E-state index contributed by atoms with van der Waals surface area (Å²) in [5.74, 6) is 0.234. The molecule has 0 aromatic carbocycles. The number of nitrogen functional groups attached to an aromatic ring is 1. The van der Waals surface area contributed by atoms with E-state index in [4.69, 9.17) is 10.5 Å². The van der Waals surface area contributed by atoms with Gasteiger partial charge in [0.05, 0.1) is 19.4 Å². The number of nitrogens with one attached hydrogen (secondary N) is 1. The Morgan fingerprint density at radius 1 is 1.53 bits per heavy atom. The van der Waals surface area contributed by atoms with Gasteiger partial charge < -0.3 is 15.8 Å². The van der Waals surface area contributed by atoms with Crippen LogP contribution in [0.15, 0.2) is 6.20 Å². The molecule has 2 heterocycles. The lowest BCUT2D eigenvalue weighted by atomic mass is 10.3. The second-order valence-electron chi connectivity index (χ2n) is 4.63. The molecule has 7 nitrogen and oxygen atoms in total. The van der Waals surface area contributed by atoms with Crippen LogP contribution in [0.4, 0.5) is 5.82 Å². The molecule has 106 valence electrons.